The molecule has 1 aromatic heterocycles. The van der Waals surface area contributed by atoms with E-state index < -0.39 is 0 Å². The van der Waals surface area contributed by atoms with E-state index in [1.165, 1.54) is 0 Å². The Hall–Kier alpha value is -2.50. The summed E-state index contributed by atoms with van der Waals surface area (Å²) >= 11 is 0. The van der Waals surface area contributed by atoms with Gasteiger partial charge >= 0.3 is 0 Å². The fraction of sp³-hybridized carbons (Fsp3) is 0.444. The summed E-state index contributed by atoms with van der Waals surface area (Å²) in [6, 6.07) is 7.74. The van der Waals surface area contributed by atoms with Crippen molar-refractivity contribution in [2.24, 2.45) is 7.05 Å². The minimum Gasteiger partial charge on any atom is -0.491 e. The molecule has 1 amide bonds. The van der Waals surface area contributed by atoms with Crippen LogP contribution in [-0.2, 0) is 18.3 Å². The minimum atomic E-state index is -0.0607. The van der Waals surface area contributed by atoms with Crippen LogP contribution in [0.25, 0.3) is 0 Å². The first-order valence-corrected chi connectivity index (χ1v) is 8.19. The fourth-order valence-corrected chi connectivity index (χ4v) is 2.52. The molecular weight excluding hydrogens is 304 g/mol. The number of benzene rings is 1. The Kier molecular flexibility index (Phi) is 5.84. The summed E-state index contributed by atoms with van der Waals surface area (Å²) in [5, 5.41) is 7.09. The fourth-order valence-electron chi connectivity index (χ4n) is 2.52. The van der Waals surface area contributed by atoms with Crippen molar-refractivity contribution in [3.63, 3.8) is 0 Å². The van der Waals surface area contributed by atoms with Crippen LogP contribution >= 0.6 is 0 Å². The molecule has 24 heavy (non-hydrogen) atoms. The molecule has 0 fully saturated rings. The molecule has 0 saturated heterocycles. The van der Waals surface area contributed by atoms with Gasteiger partial charge in [0.25, 0.3) is 0 Å². The quantitative estimate of drug-likeness (QED) is 0.817. The van der Waals surface area contributed by atoms with E-state index in [1.807, 2.05) is 52.1 Å². The summed E-state index contributed by atoms with van der Waals surface area (Å²) in [5.41, 5.74) is 8.39. The summed E-state index contributed by atoms with van der Waals surface area (Å²) in [6.45, 7) is 5.95. The monoisotopic (exact) mass is 330 g/mol. The predicted octanol–water partition coefficient (Wildman–Crippen LogP) is 2.60. The van der Waals surface area contributed by atoms with Crippen LogP contribution in [0.4, 0.5) is 5.69 Å². The number of ether oxygens (including phenoxy) is 1. The van der Waals surface area contributed by atoms with Crippen LogP contribution in [0.2, 0.25) is 0 Å². The predicted molar refractivity (Wildman–Crippen MR) is 94.7 cm³/mol. The molecule has 0 saturated carbocycles. The van der Waals surface area contributed by atoms with Crippen molar-refractivity contribution in [1.82, 2.24) is 15.1 Å². The highest BCUT2D eigenvalue weighted by Crippen LogP contribution is 2.19. The summed E-state index contributed by atoms with van der Waals surface area (Å²) in [7, 11) is 1.83. The number of nitrogen functional groups attached to an aromatic ring is 1. The standard InChI is InChI=1S/C18H26N4O2/c1-12(2)24-15-7-5-14(6-8-15)13(3)21-18(23)10-9-17-16(19)11-20-22(17)4/h5-8,11-13H,9-10,19H2,1-4H3,(H,21,23). The zero-order chi connectivity index (χ0) is 17.7. The molecule has 130 valence electrons. The van der Waals surface area contributed by atoms with Gasteiger partial charge in [-0.1, -0.05) is 12.1 Å². The van der Waals surface area contributed by atoms with Crippen LogP contribution in [0, 0.1) is 0 Å². The number of nitrogens with zero attached hydrogens (tertiary/aromatic N) is 2. The molecule has 0 bridgehead atoms. The highest BCUT2D eigenvalue weighted by Gasteiger charge is 2.12. The van der Waals surface area contributed by atoms with Crippen LogP contribution in [0.5, 0.6) is 5.75 Å². The number of nitrogens with one attached hydrogen (secondary N) is 1. The molecule has 1 aromatic carbocycles. The van der Waals surface area contributed by atoms with Gasteiger partial charge in [0, 0.05) is 19.9 Å². The Labute approximate surface area is 143 Å². The first kappa shape index (κ1) is 17.8. The van der Waals surface area contributed by atoms with E-state index in [1.54, 1.807) is 10.9 Å². The van der Waals surface area contributed by atoms with E-state index in [2.05, 4.69) is 10.4 Å². The Morgan fingerprint density at radius 3 is 2.50 bits per heavy atom. The smallest absolute Gasteiger partial charge is 0.220 e. The van der Waals surface area contributed by atoms with Crippen molar-refractivity contribution in [2.75, 3.05) is 5.73 Å². The number of amides is 1. The molecule has 3 N–H and O–H groups in total. The zero-order valence-electron chi connectivity index (χ0n) is 14.7. The second-order valence-corrected chi connectivity index (χ2v) is 6.20. The molecule has 1 heterocycles. The molecule has 1 unspecified atom stereocenters. The normalized spacial score (nSPS) is 12.2. The highest BCUT2D eigenvalue weighted by atomic mass is 16.5. The molecule has 0 aliphatic rings. The van der Waals surface area contributed by atoms with Crippen molar-refractivity contribution >= 4 is 11.6 Å². The molecule has 0 spiro atoms. The van der Waals surface area contributed by atoms with Crippen molar-refractivity contribution in [2.45, 2.75) is 45.8 Å². The average molecular weight is 330 g/mol. The summed E-state index contributed by atoms with van der Waals surface area (Å²) < 4.78 is 7.33. The van der Waals surface area contributed by atoms with Gasteiger partial charge in [-0.2, -0.15) is 5.10 Å². The van der Waals surface area contributed by atoms with Gasteiger partial charge < -0.3 is 15.8 Å². The van der Waals surface area contributed by atoms with Gasteiger partial charge in [0.15, 0.2) is 0 Å². The van der Waals surface area contributed by atoms with Crippen molar-refractivity contribution in [3.05, 3.63) is 41.7 Å². The summed E-state index contributed by atoms with van der Waals surface area (Å²) in [5.74, 6) is 0.824. The first-order valence-electron chi connectivity index (χ1n) is 8.19. The maximum atomic E-state index is 12.2. The summed E-state index contributed by atoms with van der Waals surface area (Å²) in [6.07, 6.45) is 2.70. The van der Waals surface area contributed by atoms with Gasteiger partial charge in [0.05, 0.1) is 29.7 Å². The van der Waals surface area contributed by atoms with Crippen molar-refractivity contribution < 1.29 is 9.53 Å². The van der Waals surface area contributed by atoms with Gasteiger partial charge in [-0.05, 0) is 38.5 Å². The van der Waals surface area contributed by atoms with Crippen molar-refractivity contribution in [1.29, 1.82) is 0 Å². The third-order valence-corrected chi connectivity index (χ3v) is 3.81. The maximum Gasteiger partial charge on any atom is 0.220 e. The molecule has 2 aromatic rings. The third kappa shape index (κ3) is 4.75. The number of aromatic nitrogens is 2. The molecular formula is C18H26N4O2. The molecule has 1 atom stereocenters. The minimum absolute atomic E-state index is 0.00870. The van der Waals surface area contributed by atoms with E-state index in [4.69, 9.17) is 10.5 Å². The van der Waals surface area contributed by atoms with E-state index >= 15 is 0 Å². The maximum absolute atomic E-state index is 12.2. The van der Waals surface area contributed by atoms with Crippen molar-refractivity contribution in [3.8, 4) is 5.75 Å². The second kappa shape index (κ2) is 7.86. The van der Waals surface area contributed by atoms with Gasteiger partial charge in [-0.15, -0.1) is 0 Å². The molecule has 6 heteroatoms. The second-order valence-electron chi connectivity index (χ2n) is 6.20. The van der Waals surface area contributed by atoms with Crippen LogP contribution in [0.3, 0.4) is 0 Å². The van der Waals surface area contributed by atoms with Crippen LogP contribution in [0.1, 0.15) is 44.5 Å². The Morgan fingerprint density at radius 2 is 1.96 bits per heavy atom. The molecule has 0 aliphatic carbocycles. The summed E-state index contributed by atoms with van der Waals surface area (Å²) in [4.78, 5) is 12.2. The number of carbonyl (C=O) groups is 1. The first-order chi connectivity index (χ1) is 11.4. The molecule has 2 rings (SSSR count). The zero-order valence-corrected chi connectivity index (χ0v) is 14.7. The van der Waals surface area contributed by atoms with E-state index in [-0.39, 0.29) is 18.1 Å². The number of hydrogen-bond acceptors (Lipinski definition) is 4. The van der Waals surface area contributed by atoms with Crippen LogP contribution in [0.15, 0.2) is 30.5 Å². The van der Waals surface area contributed by atoms with E-state index in [0.717, 1.165) is 17.0 Å². The lowest BCUT2D eigenvalue weighted by Gasteiger charge is -2.16. The number of hydrogen-bond donors (Lipinski definition) is 2. The Morgan fingerprint density at radius 1 is 1.29 bits per heavy atom. The number of rotatable bonds is 7. The van der Waals surface area contributed by atoms with E-state index in [9.17, 15) is 4.79 Å². The highest BCUT2D eigenvalue weighted by molar-refractivity contribution is 5.76. The number of anilines is 1. The Balaban J connectivity index is 1.87. The van der Waals surface area contributed by atoms with Crippen LogP contribution in [-0.4, -0.2) is 21.8 Å². The SMILES string of the molecule is CC(C)Oc1ccc(C(C)NC(=O)CCc2c(N)cnn2C)cc1. The number of nitrogens with two attached hydrogens (primary N) is 1. The van der Waals surface area contributed by atoms with Gasteiger partial charge in [0.1, 0.15) is 5.75 Å². The lowest BCUT2D eigenvalue weighted by molar-refractivity contribution is -0.121. The van der Waals surface area contributed by atoms with Gasteiger partial charge in [-0.3, -0.25) is 9.48 Å². The Bertz CT molecular complexity index is 657. The number of carbonyl (C=O) groups excluding carboxylic acids is 1. The lowest BCUT2D eigenvalue weighted by Crippen LogP contribution is -2.27. The number of aryl methyl sites for hydroxylation is 1. The van der Waals surface area contributed by atoms with Crippen LogP contribution < -0.4 is 15.8 Å². The average Bonchev–Trinajstić information content (AvgIpc) is 2.84. The molecule has 0 radical (unpaired) electrons. The molecule has 0 aliphatic heterocycles. The largest absolute Gasteiger partial charge is 0.491 e. The van der Waals surface area contributed by atoms with Gasteiger partial charge in [-0.25, -0.2) is 0 Å². The van der Waals surface area contributed by atoms with Gasteiger partial charge in [0.2, 0.25) is 5.91 Å². The lowest BCUT2D eigenvalue weighted by atomic mass is 10.1. The topological polar surface area (TPSA) is 82.2 Å². The molecule has 6 nitrogen and oxygen atoms in total. The third-order valence-electron chi connectivity index (χ3n) is 3.81. The van der Waals surface area contributed by atoms with E-state index in [0.29, 0.717) is 18.5 Å².